The monoisotopic (exact) mass is 965 g/mol. The third kappa shape index (κ3) is 18.2. The Kier molecular flexibility index (Phi) is 24.8. The number of allylic oxidation sites excluding steroid dienone is 2. The summed E-state index contributed by atoms with van der Waals surface area (Å²) in [5, 5.41) is 20.1. The van der Waals surface area contributed by atoms with Crippen LogP contribution in [0.5, 0.6) is 0 Å². The summed E-state index contributed by atoms with van der Waals surface area (Å²) in [6.45, 7) is 12.4. The zero-order valence-corrected chi connectivity index (χ0v) is 41.0. The lowest BCUT2D eigenvalue weighted by molar-refractivity contribution is 0.0153. The number of carbonyl (C=O) groups is 2. The van der Waals surface area contributed by atoms with E-state index in [-0.39, 0.29) is 42.3 Å². The van der Waals surface area contributed by atoms with Crippen molar-refractivity contribution in [2.45, 2.75) is 115 Å². The number of pyridine rings is 2. The molecule has 4 aromatic rings. The summed E-state index contributed by atoms with van der Waals surface area (Å²) >= 11 is 0. The van der Waals surface area contributed by atoms with Gasteiger partial charge >= 0.3 is 5.97 Å². The van der Waals surface area contributed by atoms with Crippen LogP contribution in [0.15, 0.2) is 97.9 Å². The minimum absolute atomic E-state index is 0. The molecular weight excluding hydrogens is 892 g/mol. The minimum Gasteiger partial charge on any atom is -0.478 e. The summed E-state index contributed by atoms with van der Waals surface area (Å²) in [5.41, 5.74) is 7.01. The number of nitrogens with zero attached hydrogens (tertiary/aromatic N) is 8. The van der Waals surface area contributed by atoms with Crippen molar-refractivity contribution in [2.75, 3.05) is 52.5 Å². The Labute approximate surface area is 409 Å². The predicted molar refractivity (Wildman–Crippen MR) is 268 cm³/mol. The summed E-state index contributed by atoms with van der Waals surface area (Å²) < 4.78 is 15.0. The lowest BCUT2D eigenvalue weighted by atomic mass is 9.83. The van der Waals surface area contributed by atoms with Crippen LogP contribution >= 0.6 is 24.8 Å². The van der Waals surface area contributed by atoms with E-state index in [9.17, 15) is 9.59 Å². The van der Waals surface area contributed by atoms with Gasteiger partial charge in [0.15, 0.2) is 11.6 Å². The minimum atomic E-state index is -0.982. The van der Waals surface area contributed by atoms with Gasteiger partial charge in [-0.2, -0.15) is 10.2 Å². The number of ether oxygens (including phenoxy) is 2. The van der Waals surface area contributed by atoms with Crippen LogP contribution in [-0.4, -0.2) is 133 Å². The van der Waals surface area contributed by atoms with E-state index in [1.807, 2.05) is 44.3 Å². The fourth-order valence-corrected chi connectivity index (χ4v) is 9.20. The number of carbonyl (C=O) groups excluding carboxylic acids is 1. The molecule has 15 nitrogen and oxygen atoms in total. The van der Waals surface area contributed by atoms with Gasteiger partial charge in [0.1, 0.15) is 0 Å². The molecule has 0 aromatic carbocycles. The number of piperidine rings is 2. The second-order valence-electron chi connectivity index (χ2n) is 17.7. The number of aromatic nitrogens is 6. The second-order valence-corrected chi connectivity index (χ2v) is 17.7. The van der Waals surface area contributed by atoms with Gasteiger partial charge in [0.2, 0.25) is 0 Å². The molecule has 0 spiro atoms. The van der Waals surface area contributed by atoms with Crippen molar-refractivity contribution in [2.24, 2.45) is 17.6 Å². The lowest BCUT2D eigenvalue weighted by Gasteiger charge is -2.38. The van der Waals surface area contributed by atoms with Crippen LogP contribution in [0.3, 0.4) is 0 Å². The van der Waals surface area contributed by atoms with Crippen molar-refractivity contribution in [1.82, 2.24) is 44.6 Å². The molecule has 368 valence electrons. The van der Waals surface area contributed by atoms with E-state index >= 15 is 0 Å². The number of nitrogens with two attached hydrogens (primary N) is 1. The quantitative estimate of drug-likeness (QED) is 0.0981. The van der Waals surface area contributed by atoms with Gasteiger partial charge in [0.25, 0.3) is 5.91 Å². The second kappa shape index (κ2) is 30.1. The van der Waals surface area contributed by atoms with Crippen molar-refractivity contribution in [3.63, 3.8) is 0 Å². The molecule has 1 amide bonds. The number of carboxylic acid groups (broad SMARTS) is 1. The van der Waals surface area contributed by atoms with E-state index in [1.165, 1.54) is 89.7 Å². The number of hydrogen-bond acceptors (Lipinski definition) is 11. The largest absolute Gasteiger partial charge is 0.478 e. The van der Waals surface area contributed by atoms with Crippen molar-refractivity contribution < 1.29 is 24.2 Å². The Hall–Kier alpha value is -4.48. The first kappa shape index (κ1) is 55.1. The smallest absolute Gasteiger partial charge is 0.337 e. The van der Waals surface area contributed by atoms with E-state index in [0.717, 1.165) is 58.0 Å². The average Bonchev–Trinajstić information content (AvgIpc) is 4.09. The molecule has 2 saturated heterocycles. The Balaban J connectivity index is 0.000000238. The first-order valence-electron chi connectivity index (χ1n) is 23.9. The third-order valence-corrected chi connectivity index (χ3v) is 13.1. The molecule has 17 heteroatoms. The van der Waals surface area contributed by atoms with Gasteiger partial charge < -0.3 is 35.4 Å². The Morgan fingerprint density at radius 1 is 0.687 bits per heavy atom. The van der Waals surface area contributed by atoms with Gasteiger partial charge in [-0.1, -0.05) is 50.0 Å². The first-order valence-corrected chi connectivity index (χ1v) is 23.9. The molecule has 0 radical (unpaired) electrons. The zero-order chi connectivity index (χ0) is 45.6. The number of amides is 1. The molecule has 6 heterocycles. The van der Waals surface area contributed by atoms with Crippen LogP contribution in [0.4, 0.5) is 0 Å². The maximum absolute atomic E-state index is 12.9. The fraction of sp³-hybridized carbons (Fsp3) is 0.560. The van der Waals surface area contributed by atoms with Gasteiger partial charge in [-0.05, 0) is 113 Å². The molecule has 8 rings (SSSR count). The highest BCUT2D eigenvalue weighted by molar-refractivity contribution is 5.94. The molecule has 4 atom stereocenters. The molecule has 4 aromatic heterocycles. The highest BCUT2D eigenvalue weighted by atomic mass is 35.5. The number of rotatable bonds is 15. The Morgan fingerprint density at radius 3 is 1.61 bits per heavy atom. The number of aromatic carboxylic acids is 1. The zero-order valence-electron chi connectivity index (χ0n) is 39.4. The van der Waals surface area contributed by atoms with Crippen LogP contribution in [0.25, 0.3) is 11.6 Å². The Bertz CT molecular complexity index is 2010. The molecule has 67 heavy (non-hydrogen) atoms. The highest BCUT2D eigenvalue weighted by Gasteiger charge is 2.31. The van der Waals surface area contributed by atoms with Gasteiger partial charge in [-0.3, -0.25) is 4.79 Å². The van der Waals surface area contributed by atoms with E-state index in [0.29, 0.717) is 41.4 Å². The SMILES string of the molecule is C/C=C/COC1CCN(C[C@@H]2CCCC[C@H]2N)CC1.C/C=C/COC1CCN(C[C@@H]2CCCC[C@H]2NC(=O)c2ccc(-n3cccn3)nc2)CC1.Cl.Cl.O=C(O)c1ccc(-n2cccn2)nc1. The summed E-state index contributed by atoms with van der Waals surface area (Å²) in [6.07, 6.45) is 33.4. The summed E-state index contributed by atoms with van der Waals surface area (Å²) in [7, 11) is 0. The Morgan fingerprint density at radius 2 is 1.16 bits per heavy atom. The number of likely N-dealkylation sites (tertiary alicyclic amines) is 2. The number of nitrogens with one attached hydrogen (secondary N) is 1. The summed E-state index contributed by atoms with van der Waals surface area (Å²) in [4.78, 5) is 37.0. The third-order valence-electron chi connectivity index (χ3n) is 13.1. The van der Waals surface area contributed by atoms with Crippen LogP contribution in [-0.2, 0) is 9.47 Å². The van der Waals surface area contributed by atoms with E-state index in [4.69, 9.17) is 20.3 Å². The maximum Gasteiger partial charge on any atom is 0.337 e. The van der Waals surface area contributed by atoms with Gasteiger partial charge in [-0.15, -0.1) is 24.8 Å². The molecule has 0 bridgehead atoms. The molecule has 4 fully saturated rings. The molecule has 0 unspecified atom stereocenters. The average molecular weight is 966 g/mol. The van der Waals surface area contributed by atoms with Gasteiger partial charge in [0.05, 0.1) is 36.5 Å². The van der Waals surface area contributed by atoms with E-state index in [2.05, 4.69) is 53.5 Å². The number of hydrogen-bond donors (Lipinski definition) is 3. The number of carboxylic acids is 1. The topological polar surface area (TPSA) is 179 Å². The molecular formula is C50H74Cl2N10O5. The van der Waals surface area contributed by atoms with Crippen molar-refractivity contribution in [1.29, 1.82) is 0 Å². The summed E-state index contributed by atoms with van der Waals surface area (Å²) in [6, 6.07) is 11.1. The summed E-state index contributed by atoms with van der Waals surface area (Å²) in [5.74, 6) is 1.53. The maximum atomic E-state index is 12.9. The molecule has 2 saturated carbocycles. The number of halogens is 2. The van der Waals surface area contributed by atoms with Crippen LogP contribution in [0.2, 0.25) is 0 Å². The predicted octanol–water partition coefficient (Wildman–Crippen LogP) is 7.98. The molecule has 2 aliphatic heterocycles. The van der Waals surface area contributed by atoms with Crippen LogP contribution < -0.4 is 11.1 Å². The van der Waals surface area contributed by atoms with E-state index in [1.54, 1.807) is 46.3 Å². The van der Waals surface area contributed by atoms with Crippen LogP contribution in [0, 0.1) is 11.8 Å². The normalized spacial score (nSPS) is 21.8. The lowest BCUT2D eigenvalue weighted by Crippen LogP contribution is -2.48. The van der Waals surface area contributed by atoms with Gasteiger partial charge in [0, 0.05) is 88.5 Å². The molecule has 4 N–H and O–H groups in total. The highest BCUT2D eigenvalue weighted by Crippen LogP contribution is 2.28. The van der Waals surface area contributed by atoms with Gasteiger partial charge in [-0.25, -0.2) is 24.1 Å². The first-order chi connectivity index (χ1) is 31.8. The van der Waals surface area contributed by atoms with E-state index < -0.39 is 5.97 Å². The van der Waals surface area contributed by atoms with Crippen LogP contribution in [0.1, 0.15) is 112 Å². The fourth-order valence-electron chi connectivity index (χ4n) is 9.20. The molecule has 4 aliphatic rings. The van der Waals surface area contributed by atoms with Crippen molar-refractivity contribution in [3.8, 4) is 11.6 Å². The standard InChI is InChI=1S/C25H35N5O2.C16H30N2O.C9H7N3O2.2ClH/c1-2-3-17-32-22-11-15-29(16-12-22)19-21-7-4-5-8-23(21)28-25(31)20-9-10-24(26-18-20)30-14-6-13-27-30;1-2-3-12-19-15-8-10-18(11-9-15)13-14-6-4-5-7-16(14)17;13-9(14)7-2-3-8(10-6-7)12-5-1-4-11-12;;/h2-3,6,9-10,13-14,18,21-23H,4-5,7-8,11-12,15-17,19H2,1H3,(H,28,31);2-3,14-16H,4-13,17H2,1H3;1-6H,(H,13,14);2*1H/b2*3-2+;;;/t21-,23+;14-,16+;;;/m00.../s1. The van der Waals surface area contributed by atoms with Crippen molar-refractivity contribution in [3.05, 3.63) is 109 Å². The van der Waals surface area contributed by atoms with Crippen molar-refractivity contribution >= 4 is 36.7 Å². The molecule has 2 aliphatic carbocycles.